The highest BCUT2D eigenvalue weighted by Crippen LogP contribution is 2.30. The number of carboxylic acids is 1. The Morgan fingerprint density at radius 3 is 2.48 bits per heavy atom. The third-order valence-electron chi connectivity index (χ3n) is 3.89. The van der Waals surface area contributed by atoms with Crippen LogP contribution < -0.4 is 4.72 Å². The van der Waals surface area contributed by atoms with Crippen LogP contribution in [0.3, 0.4) is 0 Å². The van der Waals surface area contributed by atoms with Crippen LogP contribution >= 0.6 is 0 Å². The minimum absolute atomic E-state index is 0.214. The average Bonchev–Trinajstić information content (AvgIpc) is 2.42. The van der Waals surface area contributed by atoms with E-state index in [9.17, 15) is 22.7 Å². The van der Waals surface area contributed by atoms with Crippen molar-refractivity contribution in [3.8, 4) is 0 Å². The predicted octanol–water partition coefficient (Wildman–Crippen LogP) is 2.20. The molecular weight excluding hydrogens is 297 g/mol. The number of benzene rings is 1. The van der Waals surface area contributed by atoms with Gasteiger partial charge in [-0.3, -0.25) is 4.79 Å². The van der Waals surface area contributed by atoms with Crippen LogP contribution in [0.25, 0.3) is 0 Å². The molecule has 5 nitrogen and oxygen atoms in total. The molecule has 1 aliphatic rings. The molecule has 2 N–H and O–H groups in total. The summed E-state index contributed by atoms with van der Waals surface area (Å²) in [6, 6.07) is 3.44. The van der Waals surface area contributed by atoms with E-state index < -0.39 is 27.3 Å². The average molecular weight is 315 g/mol. The minimum atomic E-state index is -4.09. The van der Waals surface area contributed by atoms with Crippen molar-refractivity contribution in [1.29, 1.82) is 0 Å². The van der Waals surface area contributed by atoms with Gasteiger partial charge in [0.15, 0.2) is 0 Å². The first-order valence-electron chi connectivity index (χ1n) is 6.80. The maximum Gasteiger partial charge on any atom is 0.324 e. The lowest BCUT2D eigenvalue weighted by Gasteiger charge is -2.33. The molecular formula is C14H18FNO4S. The van der Waals surface area contributed by atoms with Crippen LogP contribution in [0.1, 0.15) is 37.7 Å². The van der Waals surface area contributed by atoms with Crippen molar-refractivity contribution in [3.05, 3.63) is 29.6 Å². The van der Waals surface area contributed by atoms with Gasteiger partial charge in [-0.1, -0.05) is 25.3 Å². The summed E-state index contributed by atoms with van der Waals surface area (Å²) in [4.78, 5) is 11.3. The third-order valence-corrected chi connectivity index (χ3v) is 5.56. The Morgan fingerprint density at radius 2 is 1.90 bits per heavy atom. The van der Waals surface area contributed by atoms with Gasteiger partial charge in [-0.2, -0.15) is 4.72 Å². The van der Waals surface area contributed by atoms with E-state index in [4.69, 9.17) is 0 Å². The first kappa shape index (κ1) is 15.9. The normalized spacial score (nSPS) is 18.4. The number of aryl methyl sites for hydroxylation is 1. The van der Waals surface area contributed by atoms with Crippen molar-refractivity contribution in [2.75, 3.05) is 0 Å². The Hall–Kier alpha value is -1.47. The summed E-state index contributed by atoms with van der Waals surface area (Å²) >= 11 is 0. The molecule has 21 heavy (non-hydrogen) atoms. The van der Waals surface area contributed by atoms with Gasteiger partial charge in [-0.25, -0.2) is 12.8 Å². The van der Waals surface area contributed by atoms with Crippen LogP contribution in [0.2, 0.25) is 0 Å². The molecule has 1 fully saturated rings. The summed E-state index contributed by atoms with van der Waals surface area (Å²) in [5.74, 6) is -1.85. The van der Waals surface area contributed by atoms with Gasteiger partial charge in [-0.15, -0.1) is 0 Å². The Kier molecular flexibility index (Phi) is 4.34. The van der Waals surface area contributed by atoms with E-state index >= 15 is 0 Å². The van der Waals surface area contributed by atoms with Gasteiger partial charge < -0.3 is 5.11 Å². The number of rotatable bonds is 4. The summed E-state index contributed by atoms with van der Waals surface area (Å²) in [7, 11) is -4.09. The molecule has 0 aliphatic heterocycles. The lowest BCUT2D eigenvalue weighted by atomic mass is 9.83. The molecule has 2 rings (SSSR count). The Morgan fingerprint density at radius 1 is 1.29 bits per heavy atom. The standard InChI is InChI=1S/C14H18FNO4S/c1-10-5-6-11(15)9-12(10)21(19,20)16-14(13(17)18)7-3-2-4-8-14/h5-6,9,16H,2-4,7-8H2,1H3,(H,17,18). The van der Waals surface area contributed by atoms with Crippen molar-refractivity contribution in [2.24, 2.45) is 0 Å². The molecule has 0 radical (unpaired) electrons. The number of carboxylic acid groups (broad SMARTS) is 1. The monoisotopic (exact) mass is 315 g/mol. The van der Waals surface area contributed by atoms with Gasteiger partial charge in [0.05, 0.1) is 4.90 Å². The first-order valence-corrected chi connectivity index (χ1v) is 8.29. The van der Waals surface area contributed by atoms with Gasteiger partial charge in [0.2, 0.25) is 10.0 Å². The fourth-order valence-electron chi connectivity index (χ4n) is 2.69. The topological polar surface area (TPSA) is 83.5 Å². The Bertz CT molecular complexity index is 651. The highest BCUT2D eigenvalue weighted by Gasteiger charge is 2.43. The zero-order valence-corrected chi connectivity index (χ0v) is 12.5. The van der Waals surface area contributed by atoms with Crippen LogP contribution in [-0.4, -0.2) is 25.0 Å². The van der Waals surface area contributed by atoms with Crippen molar-refractivity contribution in [3.63, 3.8) is 0 Å². The number of carbonyl (C=O) groups is 1. The van der Waals surface area contributed by atoms with Crippen LogP contribution in [0.4, 0.5) is 4.39 Å². The zero-order valence-electron chi connectivity index (χ0n) is 11.7. The Labute approximate surface area is 123 Å². The lowest BCUT2D eigenvalue weighted by Crippen LogP contribution is -2.55. The number of sulfonamides is 1. The number of hydrogen-bond donors (Lipinski definition) is 2. The van der Waals surface area contributed by atoms with Crippen LogP contribution in [-0.2, 0) is 14.8 Å². The lowest BCUT2D eigenvalue weighted by molar-refractivity contribution is -0.145. The van der Waals surface area contributed by atoms with Crippen molar-refractivity contribution in [2.45, 2.75) is 49.5 Å². The van der Waals surface area contributed by atoms with E-state index in [-0.39, 0.29) is 17.7 Å². The van der Waals surface area contributed by atoms with Crippen molar-refractivity contribution < 1.29 is 22.7 Å². The molecule has 0 spiro atoms. The summed E-state index contributed by atoms with van der Waals surface area (Å²) in [5.41, 5.74) is -1.12. The molecule has 1 aromatic carbocycles. The second-order valence-corrected chi connectivity index (χ2v) is 7.11. The Balaban J connectivity index is 2.39. The summed E-state index contributed by atoms with van der Waals surface area (Å²) in [6.07, 6.45) is 2.68. The van der Waals surface area contributed by atoms with Gasteiger partial charge in [0, 0.05) is 0 Å². The first-order chi connectivity index (χ1) is 9.77. The SMILES string of the molecule is Cc1ccc(F)cc1S(=O)(=O)NC1(C(=O)O)CCCCC1. The highest BCUT2D eigenvalue weighted by atomic mass is 32.2. The smallest absolute Gasteiger partial charge is 0.324 e. The maximum atomic E-state index is 13.3. The second-order valence-electron chi connectivity index (χ2n) is 5.46. The molecule has 0 atom stereocenters. The summed E-state index contributed by atoms with van der Waals surface area (Å²) in [6.45, 7) is 1.54. The van der Waals surface area contributed by atoms with Gasteiger partial charge >= 0.3 is 5.97 Å². The molecule has 7 heteroatoms. The van der Waals surface area contributed by atoms with E-state index in [1.165, 1.54) is 12.1 Å². The third kappa shape index (κ3) is 3.24. The number of nitrogens with one attached hydrogen (secondary N) is 1. The van der Waals surface area contributed by atoms with E-state index in [0.29, 0.717) is 18.4 Å². The van der Waals surface area contributed by atoms with E-state index in [2.05, 4.69) is 4.72 Å². The molecule has 0 bridgehead atoms. The van der Waals surface area contributed by atoms with Crippen LogP contribution in [0, 0.1) is 12.7 Å². The fourth-order valence-corrected chi connectivity index (χ4v) is 4.37. The predicted molar refractivity (Wildman–Crippen MR) is 74.9 cm³/mol. The molecule has 0 aromatic heterocycles. The fraction of sp³-hybridized carbons (Fsp3) is 0.500. The molecule has 0 heterocycles. The zero-order chi connectivity index (χ0) is 15.7. The molecule has 0 saturated heterocycles. The molecule has 1 aromatic rings. The summed E-state index contributed by atoms with van der Waals surface area (Å²) < 4.78 is 40.5. The van der Waals surface area contributed by atoms with E-state index in [1.54, 1.807) is 6.92 Å². The molecule has 116 valence electrons. The quantitative estimate of drug-likeness (QED) is 0.892. The highest BCUT2D eigenvalue weighted by molar-refractivity contribution is 7.89. The minimum Gasteiger partial charge on any atom is -0.480 e. The molecule has 1 aliphatic carbocycles. The maximum absolute atomic E-state index is 13.3. The van der Waals surface area contributed by atoms with Crippen LogP contribution in [0.5, 0.6) is 0 Å². The van der Waals surface area contributed by atoms with Gasteiger partial charge in [-0.05, 0) is 37.5 Å². The number of aliphatic carboxylic acids is 1. The van der Waals surface area contributed by atoms with Crippen molar-refractivity contribution >= 4 is 16.0 Å². The number of hydrogen-bond acceptors (Lipinski definition) is 3. The second kappa shape index (κ2) is 5.73. The van der Waals surface area contributed by atoms with Gasteiger partial charge in [0.25, 0.3) is 0 Å². The van der Waals surface area contributed by atoms with E-state index in [0.717, 1.165) is 12.5 Å². The van der Waals surface area contributed by atoms with Crippen molar-refractivity contribution in [1.82, 2.24) is 4.72 Å². The molecule has 1 saturated carbocycles. The van der Waals surface area contributed by atoms with Crippen LogP contribution in [0.15, 0.2) is 23.1 Å². The molecule has 0 amide bonds. The van der Waals surface area contributed by atoms with Gasteiger partial charge in [0.1, 0.15) is 11.4 Å². The number of halogens is 1. The molecule has 0 unspecified atom stereocenters. The summed E-state index contributed by atoms with van der Waals surface area (Å²) in [5, 5.41) is 9.42. The largest absolute Gasteiger partial charge is 0.480 e. The van der Waals surface area contributed by atoms with E-state index in [1.807, 2.05) is 0 Å².